The van der Waals surface area contributed by atoms with Gasteiger partial charge in [0.25, 0.3) is 0 Å². The summed E-state index contributed by atoms with van der Waals surface area (Å²) in [7, 11) is 0. The van der Waals surface area contributed by atoms with Crippen LogP contribution in [0.1, 0.15) is 17.5 Å². The Labute approximate surface area is 119 Å². The molecule has 0 spiro atoms. The fourth-order valence-corrected chi connectivity index (χ4v) is 2.10. The molecule has 6 N–H and O–H groups in total. The maximum Gasteiger partial charge on any atom is 0.418 e. The summed E-state index contributed by atoms with van der Waals surface area (Å²) in [5, 5.41) is 3.94. The summed E-state index contributed by atoms with van der Waals surface area (Å²) < 4.78 is 40.2. The zero-order valence-corrected chi connectivity index (χ0v) is 11.2. The molecule has 8 heteroatoms. The fourth-order valence-electron chi connectivity index (χ4n) is 2.10. The van der Waals surface area contributed by atoms with Crippen LogP contribution in [0.2, 0.25) is 0 Å². The van der Waals surface area contributed by atoms with E-state index in [4.69, 9.17) is 17.2 Å². The quantitative estimate of drug-likeness (QED) is 0.804. The molecule has 114 valence electrons. The molecule has 0 aliphatic rings. The Bertz CT molecular complexity index is 633. The number of nitrogens with zero attached hydrogens (tertiary/aromatic N) is 2. The Balaban J connectivity index is 2.54. The molecular formula is C13H16F3N5. The second kappa shape index (κ2) is 5.65. The topological polar surface area (TPSA) is 95.9 Å². The molecule has 0 aliphatic carbocycles. The van der Waals surface area contributed by atoms with Crippen LogP contribution >= 0.6 is 0 Å². The minimum Gasteiger partial charge on any atom is -0.383 e. The van der Waals surface area contributed by atoms with Crippen molar-refractivity contribution in [3.63, 3.8) is 0 Å². The molecule has 21 heavy (non-hydrogen) atoms. The van der Waals surface area contributed by atoms with Crippen LogP contribution in [0, 0.1) is 0 Å². The number of halogens is 3. The van der Waals surface area contributed by atoms with Crippen LogP contribution in [0.15, 0.2) is 24.3 Å². The van der Waals surface area contributed by atoms with Crippen LogP contribution in [0.3, 0.4) is 0 Å². The fraction of sp³-hybridized carbons (Fsp3) is 0.308. The lowest BCUT2D eigenvalue weighted by Gasteiger charge is -2.13. The molecule has 2 aromatic rings. The monoisotopic (exact) mass is 299 g/mol. The Morgan fingerprint density at radius 1 is 1.14 bits per heavy atom. The summed E-state index contributed by atoms with van der Waals surface area (Å²) in [5.74, 6) is 0.232. The number of nitrogens with two attached hydrogens (primary N) is 3. The van der Waals surface area contributed by atoms with E-state index >= 15 is 0 Å². The van der Waals surface area contributed by atoms with E-state index < -0.39 is 11.7 Å². The molecule has 0 bridgehead atoms. The zero-order valence-electron chi connectivity index (χ0n) is 11.2. The van der Waals surface area contributed by atoms with Gasteiger partial charge in [0.05, 0.1) is 11.3 Å². The van der Waals surface area contributed by atoms with E-state index in [1.165, 1.54) is 18.2 Å². The Morgan fingerprint density at radius 3 is 2.43 bits per heavy atom. The Morgan fingerprint density at radius 2 is 1.81 bits per heavy atom. The normalized spacial score (nSPS) is 11.8. The van der Waals surface area contributed by atoms with Crippen LogP contribution in [0.4, 0.5) is 24.8 Å². The minimum absolute atomic E-state index is 0.109. The van der Waals surface area contributed by atoms with E-state index in [0.717, 1.165) is 10.7 Å². The van der Waals surface area contributed by atoms with Crippen molar-refractivity contribution in [3.8, 4) is 5.69 Å². The third-order valence-corrected chi connectivity index (χ3v) is 3.12. The van der Waals surface area contributed by atoms with E-state index in [0.29, 0.717) is 24.9 Å². The summed E-state index contributed by atoms with van der Waals surface area (Å²) in [5.41, 5.74) is 16.6. The van der Waals surface area contributed by atoms with Gasteiger partial charge >= 0.3 is 6.18 Å². The molecule has 1 heterocycles. The van der Waals surface area contributed by atoms with Crippen LogP contribution in [-0.4, -0.2) is 16.3 Å². The summed E-state index contributed by atoms with van der Waals surface area (Å²) >= 11 is 0. The lowest BCUT2D eigenvalue weighted by atomic mass is 10.1. The molecule has 0 amide bonds. The standard InChI is InChI=1S/C13H16F3N5/c14-13(15,16)9-5-1-2-6-10(9)21-12(19)8(4-3-7-17)11(18)20-21/h1-2,5-6H,3-4,7,17,19H2,(H2,18,20). The Hall–Kier alpha value is -2.22. The van der Waals surface area contributed by atoms with Crippen molar-refractivity contribution in [1.29, 1.82) is 0 Å². The second-order valence-corrected chi connectivity index (χ2v) is 4.57. The van der Waals surface area contributed by atoms with Crippen molar-refractivity contribution in [1.82, 2.24) is 9.78 Å². The number of anilines is 2. The van der Waals surface area contributed by atoms with Gasteiger partial charge in [-0.05, 0) is 31.5 Å². The van der Waals surface area contributed by atoms with E-state index in [1.807, 2.05) is 0 Å². The largest absolute Gasteiger partial charge is 0.418 e. The van der Waals surface area contributed by atoms with E-state index in [-0.39, 0.29) is 17.3 Å². The van der Waals surface area contributed by atoms with Gasteiger partial charge in [-0.15, -0.1) is 5.10 Å². The number of nitrogen functional groups attached to an aromatic ring is 2. The van der Waals surface area contributed by atoms with Gasteiger partial charge in [-0.1, -0.05) is 12.1 Å². The number of alkyl halides is 3. The highest BCUT2D eigenvalue weighted by Crippen LogP contribution is 2.35. The van der Waals surface area contributed by atoms with Crippen molar-refractivity contribution >= 4 is 11.6 Å². The van der Waals surface area contributed by atoms with Crippen molar-refractivity contribution in [2.24, 2.45) is 5.73 Å². The first-order chi connectivity index (χ1) is 9.86. The minimum atomic E-state index is -4.50. The SMILES string of the molecule is NCCCc1c(N)nn(-c2ccccc2C(F)(F)F)c1N. The smallest absolute Gasteiger partial charge is 0.383 e. The molecule has 1 aromatic carbocycles. The third kappa shape index (κ3) is 2.94. The van der Waals surface area contributed by atoms with E-state index in [1.54, 1.807) is 0 Å². The number of hydrogen-bond acceptors (Lipinski definition) is 4. The van der Waals surface area contributed by atoms with Gasteiger partial charge < -0.3 is 17.2 Å². The summed E-state index contributed by atoms with van der Waals surface area (Å²) in [4.78, 5) is 0. The van der Waals surface area contributed by atoms with Crippen LogP contribution in [0.5, 0.6) is 0 Å². The molecule has 0 atom stereocenters. The lowest BCUT2D eigenvalue weighted by molar-refractivity contribution is -0.137. The van der Waals surface area contributed by atoms with E-state index in [2.05, 4.69) is 5.10 Å². The first kappa shape index (κ1) is 15.2. The van der Waals surface area contributed by atoms with Crippen molar-refractivity contribution < 1.29 is 13.2 Å². The van der Waals surface area contributed by atoms with Crippen LogP contribution in [0.25, 0.3) is 5.69 Å². The van der Waals surface area contributed by atoms with Gasteiger partial charge in [0.15, 0.2) is 5.82 Å². The first-order valence-electron chi connectivity index (χ1n) is 6.35. The highest BCUT2D eigenvalue weighted by Gasteiger charge is 2.34. The number of para-hydroxylation sites is 1. The molecular weight excluding hydrogens is 283 g/mol. The maximum absolute atomic E-state index is 13.0. The average molecular weight is 299 g/mol. The predicted molar refractivity (Wildman–Crippen MR) is 74.8 cm³/mol. The number of rotatable bonds is 4. The molecule has 0 fully saturated rings. The summed E-state index contributed by atoms with van der Waals surface area (Å²) in [6.45, 7) is 0.434. The third-order valence-electron chi connectivity index (χ3n) is 3.12. The maximum atomic E-state index is 13.0. The molecule has 0 saturated carbocycles. The van der Waals surface area contributed by atoms with Crippen LogP contribution in [-0.2, 0) is 12.6 Å². The van der Waals surface area contributed by atoms with Gasteiger partial charge in [0.1, 0.15) is 5.82 Å². The molecule has 0 saturated heterocycles. The van der Waals surface area contributed by atoms with Gasteiger partial charge in [-0.25, -0.2) is 4.68 Å². The van der Waals surface area contributed by atoms with Crippen molar-refractivity contribution in [2.45, 2.75) is 19.0 Å². The molecule has 1 aromatic heterocycles. The molecule has 5 nitrogen and oxygen atoms in total. The molecule has 2 rings (SSSR count). The number of benzene rings is 1. The first-order valence-corrected chi connectivity index (χ1v) is 6.35. The highest BCUT2D eigenvalue weighted by atomic mass is 19.4. The van der Waals surface area contributed by atoms with Crippen LogP contribution < -0.4 is 17.2 Å². The van der Waals surface area contributed by atoms with Crippen molar-refractivity contribution in [3.05, 3.63) is 35.4 Å². The number of aromatic nitrogens is 2. The highest BCUT2D eigenvalue weighted by molar-refractivity contribution is 5.59. The number of hydrogen-bond donors (Lipinski definition) is 3. The molecule has 0 aliphatic heterocycles. The summed E-state index contributed by atoms with van der Waals surface area (Å²) in [6.07, 6.45) is -3.40. The van der Waals surface area contributed by atoms with Gasteiger partial charge in [0.2, 0.25) is 0 Å². The van der Waals surface area contributed by atoms with Gasteiger partial charge in [0, 0.05) is 5.56 Å². The van der Waals surface area contributed by atoms with Gasteiger partial charge in [-0.2, -0.15) is 13.2 Å². The van der Waals surface area contributed by atoms with Gasteiger partial charge in [-0.3, -0.25) is 0 Å². The zero-order chi connectivity index (χ0) is 15.6. The average Bonchev–Trinajstić information content (AvgIpc) is 2.71. The second-order valence-electron chi connectivity index (χ2n) is 4.57. The van der Waals surface area contributed by atoms with Crippen molar-refractivity contribution in [2.75, 3.05) is 18.0 Å². The molecule has 0 radical (unpaired) electrons. The molecule has 0 unspecified atom stereocenters. The Kier molecular flexibility index (Phi) is 4.08. The van der Waals surface area contributed by atoms with E-state index in [9.17, 15) is 13.2 Å². The summed E-state index contributed by atoms with van der Waals surface area (Å²) in [6, 6.07) is 5.08. The lowest BCUT2D eigenvalue weighted by Crippen LogP contribution is -2.13. The predicted octanol–water partition coefficient (Wildman–Crippen LogP) is 1.95.